The smallest absolute Gasteiger partial charge is 0.252 e. The summed E-state index contributed by atoms with van der Waals surface area (Å²) in [5, 5.41) is 0. The number of nitrogens with zero attached hydrogens (tertiary/aromatic N) is 2. The molecule has 5 nitrogen and oxygen atoms in total. The minimum absolute atomic E-state index is 0.314. The van der Waals surface area contributed by atoms with E-state index in [9.17, 15) is 4.79 Å². The number of nitrogens with two attached hydrogens (primary N) is 2. The maximum absolute atomic E-state index is 11.4. The van der Waals surface area contributed by atoms with Gasteiger partial charge in [-0.1, -0.05) is 6.92 Å². The lowest BCUT2D eigenvalue weighted by molar-refractivity contribution is 0.100. The molecule has 0 aliphatic heterocycles. The fraction of sp³-hybridized carbons (Fsp3) is 0.500. The first-order chi connectivity index (χ1) is 8.51. The Labute approximate surface area is 112 Å². The standard InChI is InChI=1S/C12H20N4OS/c1-4-9(7-18-3)16(2)12-10(11(14)17)5-8(13)6-15-12/h5-6,9H,4,7,13H2,1-3H3,(H2,14,17). The second-order valence-corrected chi connectivity index (χ2v) is 5.04. The van der Waals surface area contributed by atoms with E-state index in [1.807, 2.05) is 11.9 Å². The van der Waals surface area contributed by atoms with E-state index in [0.29, 0.717) is 23.1 Å². The predicted octanol–water partition coefficient (Wildman–Crippen LogP) is 1.34. The average Bonchev–Trinajstić information content (AvgIpc) is 2.35. The van der Waals surface area contributed by atoms with Crippen LogP contribution in [0.3, 0.4) is 0 Å². The Kier molecular flexibility index (Phi) is 5.27. The third-order valence-electron chi connectivity index (χ3n) is 2.87. The van der Waals surface area contributed by atoms with Crippen molar-refractivity contribution in [2.75, 3.05) is 29.7 Å². The largest absolute Gasteiger partial charge is 0.397 e. The minimum Gasteiger partial charge on any atom is -0.397 e. The summed E-state index contributed by atoms with van der Waals surface area (Å²) in [6.07, 6.45) is 4.58. The van der Waals surface area contributed by atoms with E-state index in [4.69, 9.17) is 11.5 Å². The van der Waals surface area contributed by atoms with Gasteiger partial charge in [0, 0.05) is 18.8 Å². The van der Waals surface area contributed by atoms with Crippen molar-refractivity contribution in [3.8, 4) is 0 Å². The number of anilines is 2. The molecule has 0 spiro atoms. The van der Waals surface area contributed by atoms with Crippen LogP contribution in [0.2, 0.25) is 0 Å². The molecule has 0 aromatic carbocycles. The molecule has 0 saturated carbocycles. The lowest BCUT2D eigenvalue weighted by Crippen LogP contribution is -2.35. The van der Waals surface area contributed by atoms with Crippen LogP contribution in [0.15, 0.2) is 12.3 Å². The number of carbonyl (C=O) groups is 1. The monoisotopic (exact) mass is 268 g/mol. The van der Waals surface area contributed by atoms with Gasteiger partial charge in [-0.2, -0.15) is 11.8 Å². The Hall–Kier alpha value is -1.43. The zero-order valence-electron chi connectivity index (χ0n) is 11.0. The van der Waals surface area contributed by atoms with Gasteiger partial charge in [0.05, 0.1) is 17.4 Å². The quantitative estimate of drug-likeness (QED) is 0.813. The van der Waals surface area contributed by atoms with E-state index in [1.165, 1.54) is 0 Å². The van der Waals surface area contributed by atoms with Gasteiger partial charge in [-0.15, -0.1) is 0 Å². The highest BCUT2D eigenvalue weighted by atomic mass is 32.2. The first kappa shape index (κ1) is 14.6. The number of aromatic nitrogens is 1. The van der Waals surface area contributed by atoms with Crippen LogP contribution in [-0.4, -0.2) is 36.0 Å². The van der Waals surface area contributed by atoms with E-state index in [-0.39, 0.29) is 0 Å². The average molecular weight is 268 g/mol. The highest BCUT2D eigenvalue weighted by Gasteiger charge is 2.19. The predicted molar refractivity (Wildman–Crippen MR) is 78.0 cm³/mol. The number of hydrogen-bond acceptors (Lipinski definition) is 5. The number of hydrogen-bond donors (Lipinski definition) is 2. The van der Waals surface area contributed by atoms with Crippen molar-refractivity contribution >= 4 is 29.2 Å². The normalized spacial score (nSPS) is 12.2. The van der Waals surface area contributed by atoms with Crippen LogP contribution in [0.5, 0.6) is 0 Å². The van der Waals surface area contributed by atoms with Crippen LogP contribution in [0, 0.1) is 0 Å². The first-order valence-electron chi connectivity index (χ1n) is 5.78. The number of pyridine rings is 1. The molecule has 4 N–H and O–H groups in total. The number of primary amides is 1. The van der Waals surface area contributed by atoms with Crippen LogP contribution in [-0.2, 0) is 0 Å². The van der Waals surface area contributed by atoms with E-state index in [2.05, 4.69) is 18.2 Å². The molecular formula is C12H20N4OS. The molecule has 0 saturated heterocycles. The summed E-state index contributed by atoms with van der Waals surface area (Å²) in [6.45, 7) is 2.11. The van der Waals surface area contributed by atoms with Crippen molar-refractivity contribution in [1.29, 1.82) is 0 Å². The molecule has 6 heteroatoms. The third kappa shape index (κ3) is 3.29. The number of nitrogen functional groups attached to an aromatic ring is 1. The molecule has 1 rings (SSSR count). The van der Waals surface area contributed by atoms with Gasteiger partial charge in [0.25, 0.3) is 5.91 Å². The van der Waals surface area contributed by atoms with Gasteiger partial charge in [-0.3, -0.25) is 4.79 Å². The Morgan fingerprint density at radius 1 is 1.61 bits per heavy atom. The topological polar surface area (TPSA) is 85.2 Å². The van der Waals surface area contributed by atoms with Crippen molar-refractivity contribution in [2.45, 2.75) is 19.4 Å². The Morgan fingerprint density at radius 3 is 2.78 bits per heavy atom. The zero-order valence-corrected chi connectivity index (χ0v) is 11.8. The zero-order chi connectivity index (χ0) is 13.7. The summed E-state index contributed by atoms with van der Waals surface area (Å²) >= 11 is 1.76. The van der Waals surface area contributed by atoms with Gasteiger partial charge in [-0.05, 0) is 18.7 Å². The molecule has 0 bridgehead atoms. The maximum atomic E-state index is 11.4. The summed E-state index contributed by atoms with van der Waals surface area (Å²) in [4.78, 5) is 17.7. The highest BCUT2D eigenvalue weighted by molar-refractivity contribution is 7.98. The molecule has 1 amide bonds. The van der Waals surface area contributed by atoms with Crippen molar-refractivity contribution in [1.82, 2.24) is 4.98 Å². The molecule has 1 unspecified atom stereocenters. The molecule has 0 radical (unpaired) electrons. The molecule has 1 aromatic rings. The summed E-state index contributed by atoms with van der Waals surface area (Å²) in [5.41, 5.74) is 11.8. The van der Waals surface area contributed by atoms with Crippen molar-refractivity contribution in [2.24, 2.45) is 5.73 Å². The van der Waals surface area contributed by atoms with Crippen LogP contribution < -0.4 is 16.4 Å². The fourth-order valence-corrected chi connectivity index (χ4v) is 2.65. The van der Waals surface area contributed by atoms with Crippen molar-refractivity contribution in [3.05, 3.63) is 17.8 Å². The lowest BCUT2D eigenvalue weighted by Gasteiger charge is -2.29. The van der Waals surface area contributed by atoms with Gasteiger partial charge >= 0.3 is 0 Å². The Bertz CT molecular complexity index is 425. The molecule has 0 aliphatic carbocycles. The molecule has 0 fully saturated rings. The van der Waals surface area contributed by atoms with Crippen LogP contribution in [0.1, 0.15) is 23.7 Å². The molecule has 18 heavy (non-hydrogen) atoms. The second-order valence-electron chi connectivity index (χ2n) is 4.13. The summed E-state index contributed by atoms with van der Waals surface area (Å²) in [6, 6.07) is 1.89. The van der Waals surface area contributed by atoms with E-state index >= 15 is 0 Å². The molecular weight excluding hydrogens is 248 g/mol. The molecule has 1 heterocycles. The van der Waals surface area contributed by atoms with Gasteiger partial charge in [-0.25, -0.2) is 4.98 Å². The van der Waals surface area contributed by atoms with Crippen LogP contribution in [0.25, 0.3) is 0 Å². The molecule has 0 aliphatic rings. The molecule has 1 atom stereocenters. The SMILES string of the molecule is CCC(CSC)N(C)c1ncc(N)cc1C(N)=O. The summed E-state index contributed by atoms with van der Waals surface area (Å²) < 4.78 is 0. The lowest BCUT2D eigenvalue weighted by atomic mass is 10.1. The second kappa shape index (κ2) is 6.49. The maximum Gasteiger partial charge on any atom is 0.252 e. The van der Waals surface area contributed by atoms with Gasteiger partial charge in [0.2, 0.25) is 0 Å². The van der Waals surface area contributed by atoms with Crippen molar-refractivity contribution < 1.29 is 4.79 Å². The van der Waals surface area contributed by atoms with Crippen LogP contribution >= 0.6 is 11.8 Å². The van der Waals surface area contributed by atoms with Crippen LogP contribution in [0.4, 0.5) is 11.5 Å². The van der Waals surface area contributed by atoms with E-state index < -0.39 is 5.91 Å². The van der Waals surface area contributed by atoms with Crippen molar-refractivity contribution in [3.63, 3.8) is 0 Å². The van der Waals surface area contributed by atoms with E-state index in [0.717, 1.165) is 12.2 Å². The fourth-order valence-electron chi connectivity index (χ4n) is 1.80. The Morgan fingerprint density at radius 2 is 2.28 bits per heavy atom. The number of rotatable bonds is 6. The Balaban J connectivity index is 3.11. The van der Waals surface area contributed by atoms with Gasteiger partial charge in [0.15, 0.2) is 0 Å². The number of amides is 1. The third-order valence-corrected chi connectivity index (χ3v) is 3.58. The van der Waals surface area contributed by atoms with Gasteiger partial charge < -0.3 is 16.4 Å². The summed E-state index contributed by atoms with van der Waals surface area (Å²) in [7, 11) is 1.93. The van der Waals surface area contributed by atoms with Gasteiger partial charge in [0.1, 0.15) is 5.82 Å². The summed E-state index contributed by atoms with van der Waals surface area (Å²) in [5.74, 6) is 1.06. The highest BCUT2D eigenvalue weighted by Crippen LogP contribution is 2.22. The first-order valence-corrected chi connectivity index (χ1v) is 7.17. The minimum atomic E-state index is -0.504. The van der Waals surface area contributed by atoms with E-state index in [1.54, 1.807) is 24.0 Å². The molecule has 100 valence electrons. The number of thioether (sulfide) groups is 1. The molecule has 1 aromatic heterocycles. The number of carbonyl (C=O) groups excluding carboxylic acids is 1.